The van der Waals surface area contributed by atoms with Crippen molar-refractivity contribution in [3.8, 4) is 0 Å². The van der Waals surface area contributed by atoms with Gasteiger partial charge >= 0.3 is 0 Å². The minimum absolute atomic E-state index is 0.719. The Morgan fingerprint density at radius 2 is 2.00 bits per heavy atom. The Balaban J connectivity index is 2.03. The van der Waals surface area contributed by atoms with Gasteiger partial charge in [-0.05, 0) is 30.0 Å². The average molecular weight is 249 g/mol. The fourth-order valence-electron chi connectivity index (χ4n) is 2.42. The summed E-state index contributed by atoms with van der Waals surface area (Å²) in [6, 6.07) is 16.4. The molecule has 0 saturated carbocycles. The van der Waals surface area contributed by atoms with E-state index in [1.165, 1.54) is 16.5 Å². The molecule has 1 heterocycles. The Morgan fingerprint density at radius 3 is 2.79 bits per heavy atom. The van der Waals surface area contributed by atoms with Crippen LogP contribution >= 0.6 is 0 Å². The summed E-state index contributed by atoms with van der Waals surface area (Å²) in [5.74, 6) is 0. The second kappa shape index (κ2) is 4.73. The molecule has 3 aromatic rings. The lowest BCUT2D eigenvalue weighted by molar-refractivity contribution is 0.112. The van der Waals surface area contributed by atoms with Gasteiger partial charge in [-0.15, -0.1) is 0 Å². The summed E-state index contributed by atoms with van der Waals surface area (Å²) < 4.78 is 2.18. The van der Waals surface area contributed by atoms with Gasteiger partial charge in [0.1, 0.15) is 6.29 Å². The summed E-state index contributed by atoms with van der Waals surface area (Å²) in [5, 5.41) is 1.17. The molecular weight excluding hydrogens is 234 g/mol. The van der Waals surface area contributed by atoms with E-state index in [4.69, 9.17) is 0 Å². The van der Waals surface area contributed by atoms with E-state index in [0.29, 0.717) is 0 Å². The lowest BCUT2D eigenvalue weighted by Crippen LogP contribution is -1.98. The molecule has 0 aliphatic carbocycles. The number of fused-ring (bicyclic) bond motifs is 1. The Labute approximate surface area is 112 Å². The first-order valence-corrected chi connectivity index (χ1v) is 6.36. The Morgan fingerprint density at radius 1 is 1.11 bits per heavy atom. The molecule has 2 nitrogen and oxygen atoms in total. The van der Waals surface area contributed by atoms with Gasteiger partial charge in [0.05, 0.1) is 0 Å². The Kier molecular flexibility index (Phi) is 2.92. The first kappa shape index (κ1) is 11.7. The molecule has 0 radical (unpaired) electrons. The van der Waals surface area contributed by atoms with E-state index in [1.807, 2.05) is 18.2 Å². The largest absolute Gasteiger partial charge is 0.343 e. The molecule has 0 aliphatic rings. The number of hydrogen-bond donors (Lipinski definition) is 0. The first-order valence-electron chi connectivity index (χ1n) is 6.36. The van der Waals surface area contributed by atoms with E-state index >= 15 is 0 Å². The lowest BCUT2D eigenvalue weighted by Gasteiger charge is -2.07. The van der Waals surface area contributed by atoms with Crippen molar-refractivity contribution in [1.82, 2.24) is 4.57 Å². The van der Waals surface area contributed by atoms with Gasteiger partial charge < -0.3 is 4.57 Å². The highest BCUT2D eigenvalue weighted by molar-refractivity contribution is 5.87. The van der Waals surface area contributed by atoms with Crippen LogP contribution in [0.3, 0.4) is 0 Å². The molecule has 0 aliphatic heterocycles. The molecule has 19 heavy (non-hydrogen) atoms. The fourth-order valence-corrected chi connectivity index (χ4v) is 2.42. The first-order chi connectivity index (χ1) is 9.26. The molecule has 0 unspecified atom stereocenters. The summed E-state index contributed by atoms with van der Waals surface area (Å²) in [4.78, 5) is 10.9. The number of carbonyl (C=O) groups excluding carboxylic acids is 1. The maximum absolute atomic E-state index is 10.9. The third kappa shape index (κ3) is 2.29. The van der Waals surface area contributed by atoms with Crippen molar-refractivity contribution >= 4 is 17.2 Å². The molecule has 0 amide bonds. The number of aromatic nitrogens is 1. The summed E-state index contributed by atoms with van der Waals surface area (Å²) >= 11 is 0. The smallest absolute Gasteiger partial charge is 0.150 e. The van der Waals surface area contributed by atoms with Crippen molar-refractivity contribution < 1.29 is 4.79 Å². The van der Waals surface area contributed by atoms with Crippen LogP contribution in [0.2, 0.25) is 0 Å². The van der Waals surface area contributed by atoms with Gasteiger partial charge in [-0.3, -0.25) is 4.79 Å². The zero-order valence-corrected chi connectivity index (χ0v) is 10.8. The molecule has 2 aromatic carbocycles. The number of aryl methyl sites for hydroxylation is 1. The van der Waals surface area contributed by atoms with Crippen molar-refractivity contribution in [2.75, 3.05) is 0 Å². The van der Waals surface area contributed by atoms with Crippen LogP contribution < -0.4 is 0 Å². The van der Waals surface area contributed by atoms with Gasteiger partial charge in [0.15, 0.2) is 0 Å². The number of rotatable bonds is 3. The maximum atomic E-state index is 10.9. The van der Waals surface area contributed by atoms with Crippen LogP contribution in [0.15, 0.2) is 54.7 Å². The van der Waals surface area contributed by atoms with Gasteiger partial charge in [0.25, 0.3) is 0 Å². The van der Waals surface area contributed by atoms with Crippen molar-refractivity contribution in [2.45, 2.75) is 13.5 Å². The molecule has 3 rings (SSSR count). The van der Waals surface area contributed by atoms with Gasteiger partial charge in [-0.1, -0.05) is 42.0 Å². The normalized spacial score (nSPS) is 10.8. The lowest BCUT2D eigenvalue weighted by atomic mass is 10.1. The predicted molar refractivity (Wildman–Crippen MR) is 77.6 cm³/mol. The number of carbonyl (C=O) groups is 1. The third-order valence-corrected chi connectivity index (χ3v) is 3.37. The monoisotopic (exact) mass is 249 g/mol. The molecule has 0 saturated heterocycles. The molecular formula is C17H15NO. The van der Waals surface area contributed by atoms with Crippen LogP contribution in [0.4, 0.5) is 0 Å². The van der Waals surface area contributed by atoms with Gasteiger partial charge in [0, 0.05) is 23.8 Å². The summed E-state index contributed by atoms with van der Waals surface area (Å²) in [6.45, 7) is 2.93. The molecule has 0 bridgehead atoms. The van der Waals surface area contributed by atoms with Crippen LogP contribution in [0, 0.1) is 6.92 Å². The van der Waals surface area contributed by atoms with Crippen LogP contribution in [-0.2, 0) is 6.54 Å². The zero-order chi connectivity index (χ0) is 13.2. The minimum atomic E-state index is 0.719. The van der Waals surface area contributed by atoms with Crippen molar-refractivity contribution in [1.29, 1.82) is 0 Å². The van der Waals surface area contributed by atoms with E-state index in [2.05, 4.69) is 48.0 Å². The quantitative estimate of drug-likeness (QED) is 0.647. The topological polar surface area (TPSA) is 22.0 Å². The molecule has 0 spiro atoms. The molecule has 94 valence electrons. The van der Waals surface area contributed by atoms with Crippen LogP contribution in [0.1, 0.15) is 21.5 Å². The molecule has 2 heteroatoms. The second-order valence-electron chi connectivity index (χ2n) is 4.87. The Hall–Kier alpha value is -2.35. The number of benzene rings is 2. The van der Waals surface area contributed by atoms with Crippen molar-refractivity contribution in [3.05, 3.63) is 71.4 Å². The van der Waals surface area contributed by atoms with E-state index in [1.54, 1.807) is 0 Å². The third-order valence-electron chi connectivity index (χ3n) is 3.37. The molecule has 0 fully saturated rings. The standard InChI is InChI=1S/C17H15NO/c1-13-3-2-4-14(9-13)11-18-8-7-16-6-5-15(12-19)10-17(16)18/h2-10,12H,11H2,1H3. The fraction of sp³-hybridized carbons (Fsp3) is 0.118. The second-order valence-corrected chi connectivity index (χ2v) is 4.87. The highest BCUT2D eigenvalue weighted by Gasteiger charge is 2.03. The van der Waals surface area contributed by atoms with Gasteiger partial charge in [-0.2, -0.15) is 0 Å². The minimum Gasteiger partial charge on any atom is -0.343 e. The van der Waals surface area contributed by atoms with Crippen LogP contribution in [0.25, 0.3) is 10.9 Å². The predicted octanol–water partition coefficient (Wildman–Crippen LogP) is 3.81. The van der Waals surface area contributed by atoms with Gasteiger partial charge in [0.2, 0.25) is 0 Å². The number of hydrogen-bond acceptors (Lipinski definition) is 1. The molecule has 0 atom stereocenters. The highest BCUT2D eigenvalue weighted by atomic mass is 16.1. The molecule has 1 aromatic heterocycles. The summed E-state index contributed by atoms with van der Waals surface area (Å²) in [6.07, 6.45) is 2.96. The van der Waals surface area contributed by atoms with E-state index < -0.39 is 0 Å². The van der Waals surface area contributed by atoms with Crippen LogP contribution in [-0.4, -0.2) is 10.9 Å². The maximum Gasteiger partial charge on any atom is 0.150 e. The van der Waals surface area contributed by atoms with E-state index in [-0.39, 0.29) is 0 Å². The van der Waals surface area contributed by atoms with Gasteiger partial charge in [-0.25, -0.2) is 0 Å². The van der Waals surface area contributed by atoms with Crippen molar-refractivity contribution in [3.63, 3.8) is 0 Å². The summed E-state index contributed by atoms with van der Waals surface area (Å²) in [5.41, 5.74) is 4.36. The SMILES string of the molecule is Cc1cccc(Cn2ccc3ccc(C=O)cc32)c1. The summed E-state index contributed by atoms with van der Waals surface area (Å²) in [7, 11) is 0. The molecule has 0 N–H and O–H groups in total. The average Bonchev–Trinajstić information content (AvgIpc) is 2.81. The van der Waals surface area contributed by atoms with Crippen LogP contribution in [0.5, 0.6) is 0 Å². The van der Waals surface area contributed by atoms with Crippen molar-refractivity contribution in [2.24, 2.45) is 0 Å². The van der Waals surface area contributed by atoms with E-state index in [0.717, 1.165) is 23.9 Å². The van der Waals surface area contributed by atoms with E-state index in [9.17, 15) is 4.79 Å². The Bertz CT molecular complexity index is 740. The zero-order valence-electron chi connectivity index (χ0n) is 10.8. The number of nitrogens with zero attached hydrogens (tertiary/aromatic N) is 1. The number of aldehydes is 1. The highest BCUT2D eigenvalue weighted by Crippen LogP contribution is 2.18.